The largest absolute Gasteiger partial charge is 0.378 e. The van der Waals surface area contributed by atoms with Gasteiger partial charge in [-0.2, -0.15) is 0 Å². The van der Waals surface area contributed by atoms with Crippen LogP contribution in [0.3, 0.4) is 0 Å². The van der Waals surface area contributed by atoms with E-state index in [4.69, 9.17) is 10.6 Å². The highest BCUT2D eigenvalue weighted by atomic mass is 32.2. The first-order chi connectivity index (χ1) is 9.38. The van der Waals surface area contributed by atoms with Gasteiger partial charge in [-0.3, -0.25) is 11.3 Å². The molecule has 2 unspecified atom stereocenters. The van der Waals surface area contributed by atoms with Crippen LogP contribution in [0.25, 0.3) is 0 Å². The van der Waals surface area contributed by atoms with Crippen LogP contribution in [0.1, 0.15) is 32.1 Å². The van der Waals surface area contributed by atoms with Gasteiger partial charge in [-0.25, -0.2) is 0 Å². The van der Waals surface area contributed by atoms with E-state index in [0.717, 1.165) is 18.8 Å². The molecular weight excluding hydrogens is 256 g/mol. The quantitative estimate of drug-likeness (QED) is 0.437. The van der Waals surface area contributed by atoms with Gasteiger partial charge in [0.2, 0.25) is 0 Å². The molecule has 0 radical (unpaired) electrons. The number of hydrogen-bond acceptors (Lipinski definition) is 4. The van der Waals surface area contributed by atoms with E-state index in [9.17, 15) is 0 Å². The Kier molecular flexibility index (Phi) is 6.71. The second-order valence-corrected chi connectivity index (χ2v) is 6.15. The first kappa shape index (κ1) is 14.9. The highest BCUT2D eigenvalue weighted by Gasteiger charge is 2.16. The zero-order chi connectivity index (χ0) is 13.3. The molecule has 0 aliphatic carbocycles. The van der Waals surface area contributed by atoms with Crippen LogP contribution in [0.15, 0.2) is 35.2 Å². The fraction of sp³-hybridized carbons (Fsp3) is 0.600. The highest BCUT2D eigenvalue weighted by Crippen LogP contribution is 2.21. The van der Waals surface area contributed by atoms with Crippen molar-refractivity contribution >= 4 is 11.8 Å². The number of hydrazine groups is 1. The monoisotopic (exact) mass is 280 g/mol. The number of nitrogens with two attached hydrogens (primary N) is 1. The second kappa shape index (κ2) is 8.59. The van der Waals surface area contributed by atoms with Crippen molar-refractivity contribution in [1.82, 2.24) is 5.43 Å². The summed E-state index contributed by atoms with van der Waals surface area (Å²) in [4.78, 5) is 1.31. The lowest BCUT2D eigenvalue weighted by Gasteiger charge is -2.16. The van der Waals surface area contributed by atoms with Crippen molar-refractivity contribution in [2.24, 2.45) is 5.84 Å². The molecule has 3 N–H and O–H groups in total. The van der Waals surface area contributed by atoms with E-state index in [1.165, 1.54) is 30.6 Å². The molecule has 0 bridgehead atoms. The molecule has 19 heavy (non-hydrogen) atoms. The van der Waals surface area contributed by atoms with Crippen molar-refractivity contribution in [1.29, 1.82) is 0 Å². The molecule has 1 aliphatic rings. The maximum absolute atomic E-state index is 5.64. The molecular formula is C15H24N2OS. The van der Waals surface area contributed by atoms with Gasteiger partial charge in [-0.1, -0.05) is 18.2 Å². The molecule has 1 aromatic carbocycles. The van der Waals surface area contributed by atoms with Crippen molar-refractivity contribution in [2.45, 2.75) is 49.1 Å². The van der Waals surface area contributed by atoms with Gasteiger partial charge in [0.15, 0.2) is 0 Å². The maximum atomic E-state index is 5.64. The Morgan fingerprint density at radius 2 is 2.21 bits per heavy atom. The van der Waals surface area contributed by atoms with Gasteiger partial charge in [-0.15, -0.1) is 11.8 Å². The number of thioether (sulfide) groups is 1. The molecule has 1 saturated heterocycles. The summed E-state index contributed by atoms with van der Waals surface area (Å²) in [7, 11) is 0. The highest BCUT2D eigenvalue weighted by molar-refractivity contribution is 7.99. The molecule has 106 valence electrons. The fourth-order valence-electron chi connectivity index (χ4n) is 2.39. The molecule has 1 fully saturated rings. The summed E-state index contributed by atoms with van der Waals surface area (Å²) in [6.45, 7) is 0.951. The standard InChI is InChI=1S/C15H24N2OS/c16-17-13(6-4-7-14-8-5-11-18-14)12-19-15-9-2-1-3-10-15/h1-3,9-10,13-14,17H,4-8,11-12,16H2. The third kappa shape index (κ3) is 5.53. The molecule has 1 aliphatic heterocycles. The summed E-state index contributed by atoms with van der Waals surface area (Å²) in [5, 5.41) is 0. The Morgan fingerprint density at radius 1 is 1.37 bits per heavy atom. The van der Waals surface area contributed by atoms with Crippen LogP contribution in [0.4, 0.5) is 0 Å². The minimum atomic E-state index is 0.381. The molecule has 4 heteroatoms. The van der Waals surface area contributed by atoms with E-state index in [0.29, 0.717) is 12.1 Å². The molecule has 0 aromatic heterocycles. The SMILES string of the molecule is NNC(CCCC1CCCO1)CSc1ccccc1. The van der Waals surface area contributed by atoms with E-state index < -0.39 is 0 Å². The Hall–Kier alpha value is -0.550. The normalized spacial score (nSPS) is 20.6. The first-order valence-corrected chi connectivity index (χ1v) is 8.12. The topological polar surface area (TPSA) is 47.3 Å². The molecule has 0 saturated carbocycles. The number of rotatable bonds is 8. The van der Waals surface area contributed by atoms with Crippen LogP contribution in [0.2, 0.25) is 0 Å². The summed E-state index contributed by atoms with van der Waals surface area (Å²) in [6.07, 6.45) is 6.45. The van der Waals surface area contributed by atoms with Crippen LogP contribution in [0, 0.1) is 0 Å². The van der Waals surface area contributed by atoms with Crippen molar-refractivity contribution in [3.63, 3.8) is 0 Å². The van der Waals surface area contributed by atoms with Crippen LogP contribution >= 0.6 is 11.8 Å². The lowest BCUT2D eigenvalue weighted by atomic mass is 10.1. The molecule has 0 spiro atoms. The molecule has 0 amide bonds. The maximum Gasteiger partial charge on any atom is 0.0576 e. The van der Waals surface area contributed by atoms with Gasteiger partial charge in [0.05, 0.1) is 6.10 Å². The Morgan fingerprint density at radius 3 is 2.89 bits per heavy atom. The zero-order valence-electron chi connectivity index (χ0n) is 11.4. The van der Waals surface area contributed by atoms with Gasteiger partial charge in [0.25, 0.3) is 0 Å². The Balaban J connectivity index is 1.62. The van der Waals surface area contributed by atoms with E-state index in [1.807, 2.05) is 17.8 Å². The van der Waals surface area contributed by atoms with Crippen molar-refractivity contribution in [3.05, 3.63) is 30.3 Å². The Bertz CT molecular complexity index is 341. The summed E-state index contributed by atoms with van der Waals surface area (Å²) < 4.78 is 5.64. The number of nitrogens with one attached hydrogen (secondary N) is 1. The molecule has 1 heterocycles. The Labute approximate surface area is 120 Å². The summed E-state index contributed by atoms with van der Waals surface area (Å²) >= 11 is 1.86. The average Bonchev–Trinajstić information content (AvgIpc) is 2.97. The third-order valence-corrected chi connectivity index (χ3v) is 4.71. The number of benzene rings is 1. The van der Waals surface area contributed by atoms with Crippen molar-refractivity contribution < 1.29 is 4.74 Å². The predicted molar refractivity (Wildman–Crippen MR) is 81.1 cm³/mol. The van der Waals surface area contributed by atoms with Gasteiger partial charge in [-0.05, 0) is 44.2 Å². The third-order valence-electron chi connectivity index (χ3n) is 3.53. The zero-order valence-corrected chi connectivity index (χ0v) is 12.2. The van der Waals surface area contributed by atoms with Gasteiger partial charge in [0.1, 0.15) is 0 Å². The second-order valence-electron chi connectivity index (χ2n) is 5.05. The summed E-state index contributed by atoms with van der Waals surface area (Å²) in [6, 6.07) is 10.9. The van der Waals surface area contributed by atoms with Gasteiger partial charge < -0.3 is 4.74 Å². The molecule has 2 rings (SSSR count). The van der Waals surface area contributed by atoms with Crippen LogP contribution in [-0.4, -0.2) is 24.5 Å². The molecule has 1 aromatic rings. The molecule has 3 nitrogen and oxygen atoms in total. The minimum Gasteiger partial charge on any atom is -0.378 e. The van der Waals surface area contributed by atoms with Crippen LogP contribution in [-0.2, 0) is 4.74 Å². The predicted octanol–water partition coefficient (Wildman–Crippen LogP) is 2.96. The van der Waals surface area contributed by atoms with Crippen LogP contribution < -0.4 is 11.3 Å². The molecule has 2 atom stereocenters. The fourth-order valence-corrected chi connectivity index (χ4v) is 3.40. The smallest absolute Gasteiger partial charge is 0.0576 e. The van der Waals surface area contributed by atoms with Gasteiger partial charge >= 0.3 is 0 Å². The number of ether oxygens (including phenoxy) is 1. The van der Waals surface area contributed by atoms with Crippen molar-refractivity contribution in [2.75, 3.05) is 12.4 Å². The average molecular weight is 280 g/mol. The van der Waals surface area contributed by atoms with E-state index in [2.05, 4.69) is 29.7 Å². The summed E-state index contributed by atoms with van der Waals surface area (Å²) in [5.74, 6) is 6.66. The lowest BCUT2D eigenvalue weighted by Crippen LogP contribution is -2.37. The van der Waals surface area contributed by atoms with Gasteiger partial charge in [0, 0.05) is 23.3 Å². The minimum absolute atomic E-state index is 0.381. The van der Waals surface area contributed by atoms with Crippen molar-refractivity contribution in [3.8, 4) is 0 Å². The van der Waals surface area contributed by atoms with Crippen LogP contribution in [0.5, 0.6) is 0 Å². The van der Waals surface area contributed by atoms with E-state index in [1.54, 1.807) is 0 Å². The van der Waals surface area contributed by atoms with E-state index in [-0.39, 0.29) is 0 Å². The number of hydrogen-bond donors (Lipinski definition) is 2. The first-order valence-electron chi connectivity index (χ1n) is 7.14. The summed E-state index contributed by atoms with van der Waals surface area (Å²) in [5.41, 5.74) is 2.94. The lowest BCUT2D eigenvalue weighted by molar-refractivity contribution is 0.101. The van der Waals surface area contributed by atoms with E-state index >= 15 is 0 Å².